The van der Waals surface area contributed by atoms with Crippen LogP contribution in [-0.4, -0.2) is 56.4 Å². The molecule has 0 amide bonds. The molecule has 0 radical (unpaired) electrons. The molecule has 0 aliphatic carbocycles. The van der Waals surface area contributed by atoms with E-state index in [-0.39, 0.29) is 6.61 Å². The van der Waals surface area contributed by atoms with E-state index in [1.165, 1.54) is 5.56 Å². The molecular formula is C16H26N2O2. The quantitative estimate of drug-likeness (QED) is 0.773. The number of aliphatic hydroxyl groups excluding tert-OH is 1. The summed E-state index contributed by atoms with van der Waals surface area (Å²) in [4.78, 5) is 2.38. The smallest absolute Gasteiger partial charge is 0.119 e. The van der Waals surface area contributed by atoms with Gasteiger partial charge in [0.1, 0.15) is 5.75 Å². The van der Waals surface area contributed by atoms with Crippen LogP contribution in [0.4, 0.5) is 0 Å². The van der Waals surface area contributed by atoms with Gasteiger partial charge in [0.05, 0.1) is 7.11 Å². The standard InChI is InChI=1S/C16H26N2O2/c1-18-11-14(9-15(12-18)17-7-4-8-19)13-5-3-6-16(10-13)20-2/h3,5-6,10,14-15,17,19H,4,7-9,11-12H2,1-2H3. The van der Waals surface area contributed by atoms with Crippen LogP contribution in [0.1, 0.15) is 24.3 Å². The molecule has 20 heavy (non-hydrogen) atoms. The minimum Gasteiger partial charge on any atom is -0.497 e. The van der Waals surface area contributed by atoms with Gasteiger partial charge in [-0.1, -0.05) is 12.1 Å². The number of rotatable bonds is 6. The SMILES string of the molecule is COc1cccc(C2CC(NCCCO)CN(C)C2)c1. The highest BCUT2D eigenvalue weighted by atomic mass is 16.5. The van der Waals surface area contributed by atoms with Crippen LogP contribution < -0.4 is 10.1 Å². The zero-order valence-electron chi connectivity index (χ0n) is 12.5. The van der Waals surface area contributed by atoms with Crippen molar-refractivity contribution in [3.63, 3.8) is 0 Å². The molecule has 112 valence electrons. The molecule has 0 saturated carbocycles. The van der Waals surface area contributed by atoms with Crippen molar-refractivity contribution in [2.45, 2.75) is 24.8 Å². The Labute approximate surface area is 121 Å². The fourth-order valence-corrected chi connectivity index (χ4v) is 2.99. The van der Waals surface area contributed by atoms with Gasteiger partial charge in [-0.05, 0) is 50.0 Å². The molecular weight excluding hydrogens is 252 g/mol. The Morgan fingerprint density at radius 1 is 1.40 bits per heavy atom. The topological polar surface area (TPSA) is 44.7 Å². The first kappa shape index (κ1) is 15.3. The molecule has 1 aliphatic rings. The second kappa shape index (κ2) is 7.62. The summed E-state index contributed by atoms with van der Waals surface area (Å²) in [6.07, 6.45) is 1.97. The molecule has 1 fully saturated rings. The number of piperidine rings is 1. The van der Waals surface area contributed by atoms with E-state index in [2.05, 4.69) is 35.5 Å². The van der Waals surface area contributed by atoms with E-state index in [1.54, 1.807) is 7.11 Å². The summed E-state index contributed by atoms with van der Waals surface area (Å²) in [5.41, 5.74) is 1.35. The largest absolute Gasteiger partial charge is 0.497 e. The third-order valence-corrected chi connectivity index (χ3v) is 3.97. The Morgan fingerprint density at radius 2 is 2.25 bits per heavy atom. The Hall–Kier alpha value is -1.10. The first-order chi connectivity index (χ1) is 9.72. The molecule has 4 heteroatoms. The average Bonchev–Trinajstić information content (AvgIpc) is 2.47. The molecule has 0 bridgehead atoms. The molecule has 1 aliphatic heterocycles. The van der Waals surface area contributed by atoms with E-state index in [9.17, 15) is 0 Å². The fourth-order valence-electron chi connectivity index (χ4n) is 2.99. The minimum absolute atomic E-state index is 0.259. The van der Waals surface area contributed by atoms with Gasteiger partial charge in [-0.3, -0.25) is 0 Å². The van der Waals surface area contributed by atoms with Gasteiger partial charge < -0.3 is 20.1 Å². The zero-order chi connectivity index (χ0) is 14.4. The predicted octanol–water partition coefficient (Wildman–Crippen LogP) is 1.45. The molecule has 1 aromatic rings. The van der Waals surface area contributed by atoms with Crippen molar-refractivity contribution in [3.8, 4) is 5.75 Å². The highest BCUT2D eigenvalue weighted by Crippen LogP contribution is 2.28. The summed E-state index contributed by atoms with van der Waals surface area (Å²) in [5.74, 6) is 1.47. The number of nitrogens with zero attached hydrogens (tertiary/aromatic N) is 1. The van der Waals surface area contributed by atoms with Crippen molar-refractivity contribution < 1.29 is 9.84 Å². The van der Waals surface area contributed by atoms with Crippen LogP contribution in [0.5, 0.6) is 5.75 Å². The van der Waals surface area contributed by atoms with Crippen LogP contribution in [-0.2, 0) is 0 Å². The normalized spacial score (nSPS) is 23.8. The van der Waals surface area contributed by atoms with Crippen LogP contribution in [0.15, 0.2) is 24.3 Å². The maximum atomic E-state index is 8.87. The lowest BCUT2D eigenvalue weighted by atomic mass is 9.88. The molecule has 1 heterocycles. The van der Waals surface area contributed by atoms with Gasteiger partial charge in [0, 0.05) is 25.7 Å². The summed E-state index contributed by atoms with van der Waals surface area (Å²) >= 11 is 0. The van der Waals surface area contributed by atoms with E-state index >= 15 is 0 Å². The summed E-state index contributed by atoms with van der Waals surface area (Å²) in [6.45, 7) is 3.31. The van der Waals surface area contributed by atoms with Crippen molar-refractivity contribution in [1.82, 2.24) is 10.2 Å². The van der Waals surface area contributed by atoms with Crippen molar-refractivity contribution in [1.29, 1.82) is 0 Å². The predicted molar refractivity (Wildman–Crippen MR) is 81.3 cm³/mol. The van der Waals surface area contributed by atoms with Crippen LogP contribution >= 0.6 is 0 Å². The van der Waals surface area contributed by atoms with Crippen LogP contribution in [0, 0.1) is 0 Å². The average molecular weight is 278 g/mol. The van der Waals surface area contributed by atoms with Gasteiger partial charge in [-0.25, -0.2) is 0 Å². The summed E-state index contributed by atoms with van der Waals surface area (Å²) < 4.78 is 5.32. The van der Waals surface area contributed by atoms with E-state index in [4.69, 9.17) is 9.84 Å². The highest BCUT2D eigenvalue weighted by molar-refractivity contribution is 5.31. The molecule has 0 aromatic heterocycles. The lowest BCUT2D eigenvalue weighted by Gasteiger charge is -2.36. The number of ether oxygens (including phenoxy) is 1. The van der Waals surface area contributed by atoms with Crippen molar-refractivity contribution >= 4 is 0 Å². The lowest BCUT2D eigenvalue weighted by molar-refractivity contribution is 0.200. The number of hydrogen-bond donors (Lipinski definition) is 2. The van der Waals surface area contributed by atoms with E-state index in [0.29, 0.717) is 12.0 Å². The Balaban J connectivity index is 1.99. The third-order valence-electron chi connectivity index (χ3n) is 3.97. The van der Waals surface area contributed by atoms with Crippen molar-refractivity contribution in [2.24, 2.45) is 0 Å². The lowest BCUT2D eigenvalue weighted by Crippen LogP contribution is -2.47. The maximum Gasteiger partial charge on any atom is 0.119 e. The Kier molecular flexibility index (Phi) is 5.83. The third kappa shape index (κ3) is 4.20. The first-order valence-electron chi connectivity index (χ1n) is 7.39. The molecule has 2 N–H and O–H groups in total. The zero-order valence-corrected chi connectivity index (χ0v) is 12.5. The molecule has 0 spiro atoms. The maximum absolute atomic E-state index is 8.87. The van der Waals surface area contributed by atoms with Gasteiger partial charge in [0.15, 0.2) is 0 Å². The van der Waals surface area contributed by atoms with Gasteiger partial charge in [0.2, 0.25) is 0 Å². The number of aliphatic hydroxyl groups is 1. The second-order valence-electron chi connectivity index (χ2n) is 5.66. The van der Waals surface area contributed by atoms with Crippen molar-refractivity contribution in [3.05, 3.63) is 29.8 Å². The fraction of sp³-hybridized carbons (Fsp3) is 0.625. The number of likely N-dealkylation sites (tertiary alicyclic amines) is 1. The minimum atomic E-state index is 0.259. The number of benzene rings is 1. The summed E-state index contributed by atoms with van der Waals surface area (Å²) in [6, 6.07) is 8.90. The van der Waals surface area contributed by atoms with E-state index in [1.807, 2.05) is 6.07 Å². The van der Waals surface area contributed by atoms with Crippen molar-refractivity contribution in [2.75, 3.05) is 40.4 Å². The van der Waals surface area contributed by atoms with Crippen LogP contribution in [0.3, 0.4) is 0 Å². The Morgan fingerprint density at radius 3 is 3.00 bits per heavy atom. The monoisotopic (exact) mass is 278 g/mol. The first-order valence-corrected chi connectivity index (χ1v) is 7.39. The summed E-state index contributed by atoms with van der Waals surface area (Å²) in [5, 5.41) is 12.4. The van der Waals surface area contributed by atoms with E-state index in [0.717, 1.165) is 38.2 Å². The van der Waals surface area contributed by atoms with Crippen LogP contribution in [0.25, 0.3) is 0 Å². The number of hydrogen-bond acceptors (Lipinski definition) is 4. The van der Waals surface area contributed by atoms with Gasteiger partial charge >= 0.3 is 0 Å². The number of nitrogens with one attached hydrogen (secondary N) is 1. The number of methoxy groups -OCH3 is 1. The molecule has 2 rings (SSSR count). The van der Waals surface area contributed by atoms with E-state index < -0.39 is 0 Å². The van der Waals surface area contributed by atoms with Gasteiger partial charge in [-0.15, -0.1) is 0 Å². The molecule has 1 saturated heterocycles. The number of likely N-dealkylation sites (N-methyl/N-ethyl adjacent to an activating group) is 1. The van der Waals surface area contributed by atoms with Gasteiger partial charge in [0.25, 0.3) is 0 Å². The molecule has 1 aromatic carbocycles. The molecule has 2 atom stereocenters. The molecule has 2 unspecified atom stereocenters. The highest BCUT2D eigenvalue weighted by Gasteiger charge is 2.26. The van der Waals surface area contributed by atoms with Gasteiger partial charge in [-0.2, -0.15) is 0 Å². The van der Waals surface area contributed by atoms with Crippen LogP contribution in [0.2, 0.25) is 0 Å². The Bertz CT molecular complexity index is 411. The summed E-state index contributed by atoms with van der Waals surface area (Å²) in [7, 11) is 3.89. The second-order valence-corrected chi connectivity index (χ2v) is 5.66. The molecule has 4 nitrogen and oxygen atoms in total.